The first-order valence-corrected chi connectivity index (χ1v) is 11.8. The number of fused-ring (bicyclic) bond motifs is 5. The maximum atomic E-state index is 9.60. The smallest absolute Gasteiger partial charge is 0.0622 e. The molecule has 0 aliphatic carbocycles. The Balaban J connectivity index is 1.67. The van der Waals surface area contributed by atoms with Gasteiger partial charge in [-0.1, -0.05) is 151 Å². The van der Waals surface area contributed by atoms with Gasteiger partial charge in [0.25, 0.3) is 0 Å². The molecule has 0 fully saturated rings. The molecule has 40 heavy (non-hydrogen) atoms. The van der Waals surface area contributed by atoms with Crippen LogP contribution < -0.4 is 0 Å². The molecular formula is C40H26. The normalized spacial score (nSPS) is 20.2. The molecular weight excluding hydrogens is 480 g/mol. The van der Waals surface area contributed by atoms with Gasteiger partial charge in [-0.25, -0.2) is 0 Å². The molecule has 0 unspecified atom stereocenters. The second-order valence-electron chi connectivity index (χ2n) is 8.58. The van der Waals surface area contributed by atoms with Crippen molar-refractivity contribution in [3.8, 4) is 33.4 Å². The molecule has 0 aliphatic rings. The van der Waals surface area contributed by atoms with Crippen molar-refractivity contribution < 1.29 is 34.3 Å². The molecule has 0 bridgehead atoms. The summed E-state index contributed by atoms with van der Waals surface area (Å²) in [6, 6.07) is -20.4. The molecule has 0 saturated carbocycles. The van der Waals surface area contributed by atoms with Crippen molar-refractivity contribution in [3.05, 3.63) is 157 Å². The van der Waals surface area contributed by atoms with E-state index in [0.717, 1.165) is 6.07 Å². The highest BCUT2D eigenvalue weighted by Gasteiger charge is 2.17. The van der Waals surface area contributed by atoms with Crippen molar-refractivity contribution in [1.29, 1.82) is 0 Å². The van der Waals surface area contributed by atoms with Gasteiger partial charge in [-0.05, 0) is 82.5 Å². The molecule has 8 aromatic rings. The molecule has 0 nitrogen and oxygen atoms in total. The highest BCUT2D eigenvalue weighted by atomic mass is 14.2. The Morgan fingerprint density at radius 2 is 0.800 bits per heavy atom. The highest BCUT2D eigenvalue weighted by molar-refractivity contribution is 6.22. The topological polar surface area (TPSA) is 0 Å². The Kier molecular flexibility index (Phi) is 2.05. The molecule has 0 N–H and O–H groups in total. The van der Waals surface area contributed by atoms with Gasteiger partial charge >= 0.3 is 0 Å². The van der Waals surface area contributed by atoms with Crippen molar-refractivity contribution in [1.82, 2.24) is 0 Å². The summed E-state index contributed by atoms with van der Waals surface area (Å²) in [7, 11) is 0. The molecule has 0 amide bonds. The quantitative estimate of drug-likeness (QED) is 0.157. The van der Waals surface area contributed by atoms with Crippen molar-refractivity contribution >= 4 is 43.1 Å². The fraction of sp³-hybridized carbons (Fsp3) is 0. The third kappa shape index (κ3) is 3.61. The van der Waals surface area contributed by atoms with Gasteiger partial charge in [0.1, 0.15) is 0 Å². The second-order valence-corrected chi connectivity index (χ2v) is 8.58. The van der Waals surface area contributed by atoms with Gasteiger partial charge in [-0.15, -0.1) is 0 Å². The van der Waals surface area contributed by atoms with Crippen LogP contribution in [0.5, 0.6) is 0 Å². The predicted molar refractivity (Wildman–Crippen MR) is 173 cm³/mol. The minimum atomic E-state index is -0.969. The lowest BCUT2D eigenvalue weighted by atomic mass is 9.85. The van der Waals surface area contributed by atoms with Crippen LogP contribution in [0.1, 0.15) is 34.3 Å². The first kappa shape index (κ1) is 8.91. The van der Waals surface area contributed by atoms with Gasteiger partial charge in [-0.3, -0.25) is 0 Å². The van der Waals surface area contributed by atoms with Gasteiger partial charge in [0, 0.05) is 0 Å². The predicted octanol–water partition coefficient (Wildman–Crippen LogP) is 11.3. The SMILES string of the molecule is [2H]c1cc2c(-c3c([2H])c([2H])c(-c4c([2H])c([2H])c([2H])c([2H])c4[2H])c([2H])c3[2H])c3c([2H])c([2H])c([2H])c([2H])c3c(-c3c([2H])c([2H])c4c(c3[2H])c([2H])c([2H])c3c([2H])c([2H])c([2H])c([2H])c34)c2c([2H])c1[2H]. The first-order chi connectivity index (χ1) is 30.3. The van der Waals surface area contributed by atoms with E-state index in [1.165, 1.54) is 0 Å². The van der Waals surface area contributed by atoms with E-state index < -0.39 is 228 Å². The number of hydrogen-bond acceptors (Lipinski definition) is 0. The summed E-state index contributed by atoms with van der Waals surface area (Å²) in [4.78, 5) is 0. The summed E-state index contributed by atoms with van der Waals surface area (Å²) in [6.07, 6.45) is 0. The minimum Gasteiger partial charge on any atom is -0.0622 e. The van der Waals surface area contributed by atoms with E-state index in [-0.39, 0.29) is 0 Å². The maximum absolute atomic E-state index is 9.60. The van der Waals surface area contributed by atoms with Crippen LogP contribution in [-0.2, 0) is 0 Å². The molecule has 0 spiro atoms. The molecule has 0 aliphatic heterocycles. The lowest BCUT2D eigenvalue weighted by Gasteiger charge is -2.18. The zero-order valence-corrected chi connectivity index (χ0v) is 20.1. The van der Waals surface area contributed by atoms with Gasteiger partial charge in [0.05, 0.1) is 34.3 Å². The summed E-state index contributed by atoms with van der Waals surface area (Å²) in [6.45, 7) is 0. The van der Waals surface area contributed by atoms with E-state index >= 15 is 0 Å². The van der Waals surface area contributed by atoms with E-state index in [2.05, 4.69) is 0 Å². The molecule has 0 atom stereocenters. The van der Waals surface area contributed by atoms with Crippen molar-refractivity contribution in [2.24, 2.45) is 0 Å². The zero-order chi connectivity index (χ0) is 48.2. The lowest BCUT2D eigenvalue weighted by molar-refractivity contribution is 1.61. The van der Waals surface area contributed by atoms with Crippen LogP contribution in [0.25, 0.3) is 76.5 Å². The van der Waals surface area contributed by atoms with Crippen LogP contribution in [0.3, 0.4) is 0 Å². The van der Waals surface area contributed by atoms with E-state index in [4.69, 9.17) is 23.3 Å². The summed E-state index contributed by atoms with van der Waals surface area (Å²) in [5, 5.41) is -4.27. The molecule has 0 radical (unpaired) electrons. The third-order valence-electron chi connectivity index (χ3n) is 6.39. The zero-order valence-electron chi connectivity index (χ0n) is 45.1. The van der Waals surface area contributed by atoms with Crippen molar-refractivity contribution in [2.45, 2.75) is 0 Å². The molecule has 8 rings (SSSR count). The Bertz CT molecular complexity index is 3540. The average molecular weight is 532 g/mol. The van der Waals surface area contributed by atoms with Gasteiger partial charge in [0.2, 0.25) is 0 Å². The largest absolute Gasteiger partial charge is 0.0636 e. The van der Waals surface area contributed by atoms with Crippen LogP contribution in [-0.4, -0.2) is 0 Å². The molecule has 0 heteroatoms. The van der Waals surface area contributed by atoms with Crippen LogP contribution in [0, 0.1) is 0 Å². The van der Waals surface area contributed by atoms with E-state index in [0.29, 0.717) is 0 Å². The number of rotatable bonds is 3. The monoisotopic (exact) mass is 531 g/mol. The van der Waals surface area contributed by atoms with Gasteiger partial charge < -0.3 is 0 Å². The van der Waals surface area contributed by atoms with Gasteiger partial charge in [-0.2, -0.15) is 0 Å². The number of benzene rings is 8. The standard InChI is InChI=1S/C40H26/c1-2-10-27(11-3-1)28-18-21-30(22-19-28)39-35-14-6-8-16-37(35)40(38-17-9-7-15-36(38)39)32-24-25-34-31(26-32)23-20-29-12-4-5-13-33(29)34/h1-26H/i1D,2D,3D,4D,5D,6D,7D,8D,9D,10D,11D,12D,13D,14D,16D,17D,18D,19D,20D,21D,22D,23D,24D,25D,26D. The third-order valence-corrected chi connectivity index (χ3v) is 6.39. The van der Waals surface area contributed by atoms with E-state index in [1.54, 1.807) is 0 Å². The Hall–Kier alpha value is -5.20. The molecule has 0 saturated heterocycles. The van der Waals surface area contributed by atoms with Crippen molar-refractivity contribution in [2.75, 3.05) is 0 Å². The summed E-state index contributed by atoms with van der Waals surface area (Å²) < 4.78 is 221. The fourth-order valence-electron chi connectivity index (χ4n) is 4.67. The highest BCUT2D eigenvalue weighted by Crippen LogP contribution is 2.44. The molecule has 0 heterocycles. The molecule has 186 valence electrons. The second kappa shape index (κ2) is 9.22. The minimum absolute atomic E-state index is 0.440. The maximum Gasteiger partial charge on any atom is 0.0636 e. The Morgan fingerprint density at radius 3 is 1.57 bits per heavy atom. The molecule has 8 aromatic carbocycles. The van der Waals surface area contributed by atoms with E-state index in [1.807, 2.05) is 0 Å². The fourth-order valence-corrected chi connectivity index (χ4v) is 4.67. The molecule has 0 aromatic heterocycles. The van der Waals surface area contributed by atoms with E-state index in [9.17, 15) is 11.0 Å². The first-order valence-electron chi connectivity index (χ1n) is 24.3. The van der Waals surface area contributed by atoms with Crippen molar-refractivity contribution in [3.63, 3.8) is 0 Å². The summed E-state index contributed by atoms with van der Waals surface area (Å²) in [5.41, 5.74) is -3.99. The summed E-state index contributed by atoms with van der Waals surface area (Å²) in [5.74, 6) is 0. The van der Waals surface area contributed by atoms with Crippen LogP contribution in [0.2, 0.25) is 0 Å². The van der Waals surface area contributed by atoms with Crippen LogP contribution in [0.15, 0.2) is 157 Å². The Morgan fingerprint density at radius 1 is 0.300 bits per heavy atom. The lowest BCUT2D eigenvalue weighted by Crippen LogP contribution is -1.91. The number of hydrogen-bond donors (Lipinski definition) is 0. The van der Waals surface area contributed by atoms with Crippen LogP contribution in [0.4, 0.5) is 0 Å². The van der Waals surface area contributed by atoms with Gasteiger partial charge in [0.15, 0.2) is 0 Å². The Labute approximate surface area is 268 Å². The summed E-state index contributed by atoms with van der Waals surface area (Å²) >= 11 is 0. The van der Waals surface area contributed by atoms with Crippen LogP contribution >= 0.6 is 0 Å². The average Bonchev–Trinajstić information content (AvgIpc) is 3.27.